The highest BCUT2D eigenvalue weighted by molar-refractivity contribution is 6.01. The second-order valence-corrected chi connectivity index (χ2v) is 11.4. The number of allylic oxidation sites excluding steroid dienone is 19. The van der Waals surface area contributed by atoms with E-state index in [1.54, 1.807) is 0 Å². The van der Waals surface area contributed by atoms with Crippen molar-refractivity contribution in [3.05, 3.63) is 137 Å². The molecule has 0 aromatic rings. The lowest BCUT2D eigenvalue weighted by Gasteiger charge is -2.33. The van der Waals surface area contributed by atoms with Crippen LogP contribution in [0.15, 0.2) is 142 Å². The van der Waals surface area contributed by atoms with Gasteiger partial charge in [-0.2, -0.15) is 0 Å². The van der Waals surface area contributed by atoms with Crippen LogP contribution < -0.4 is 0 Å². The van der Waals surface area contributed by atoms with Gasteiger partial charge in [-0.25, -0.2) is 0 Å². The summed E-state index contributed by atoms with van der Waals surface area (Å²) in [5, 5.41) is 0. The first kappa shape index (κ1) is 31.8. The number of aliphatic imine (C=N–C) groups is 1. The van der Waals surface area contributed by atoms with Crippen molar-refractivity contribution in [1.29, 1.82) is 0 Å². The molecular formula is C38H49N. The summed E-state index contributed by atoms with van der Waals surface area (Å²) in [4.78, 5) is 4.72. The largest absolute Gasteiger partial charge is 0.261 e. The van der Waals surface area contributed by atoms with Gasteiger partial charge >= 0.3 is 0 Å². The average Bonchev–Trinajstić information content (AvgIpc) is 3.13. The molecule has 1 atom stereocenters. The Balaban J connectivity index is 2.31. The van der Waals surface area contributed by atoms with Crippen LogP contribution in [-0.4, -0.2) is 5.71 Å². The van der Waals surface area contributed by atoms with Gasteiger partial charge in [-0.15, -0.1) is 5.73 Å². The highest BCUT2D eigenvalue weighted by atomic mass is 14.7. The van der Waals surface area contributed by atoms with E-state index in [0.717, 1.165) is 32.1 Å². The summed E-state index contributed by atoms with van der Waals surface area (Å²) >= 11 is 0. The van der Waals surface area contributed by atoms with E-state index in [1.807, 2.05) is 24.4 Å². The smallest absolute Gasteiger partial charge is 0.0438 e. The Morgan fingerprint density at radius 3 is 2.67 bits per heavy atom. The molecule has 0 aromatic heterocycles. The van der Waals surface area contributed by atoms with Crippen molar-refractivity contribution in [2.24, 2.45) is 16.3 Å². The van der Waals surface area contributed by atoms with Gasteiger partial charge in [0.15, 0.2) is 0 Å². The third-order valence-electron chi connectivity index (χ3n) is 7.61. The van der Waals surface area contributed by atoms with E-state index in [0.29, 0.717) is 5.92 Å². The Morgan fingerprint density at radius 1 is 1.18 bits per heavy atom. The fraction of sp³-hybridized carbons (Fsp3) is 0.368. The molecule has 2 rings (SSSR count). The minimum absolute atomic E-state index is 0.139. The molecule has 0 radical (unpaired) electrons. The molecule has 1 aliphatic carbocycles. The number of rotatable bonds is 13. The first-order valence-corrected chi connectivity index (χ1v) is 14.3. The lowest BCUT2D eigenvalue weighted by atomic mass is 9.72. The topological polar surface area (TPSA) is 12.4 Å². The molecule has 0 N–H and O–H groups in total. The molecule has 1 heterocycles. The molecular weight excluding hydrogens is 470 g/mol. The highest BCUT2D eigenvalue weighted by Gasteiger charge is 2.27. The maximum absolute atomic E-state index is 4.72. The number of hydrogen-bond donors (Lipinski definition) is 0. The first-order chi connectivity index (χ1) is 18.7. The van der Waals surface area contributed by atoms with Crippen molar-refractivity contribution in [2.45, 2.75) is 80.6 Å². The predicted octanol–water partition coefficient (Wildman–Crippen LogP) is 11.2. The summed E-state index contributed by atoms with van der Waals surface area (Å²) in [7, 11) is 0. The summed E-state index contributed by atoms with van der Waals surface area (Å²) in [5.74, 6) is 0.509. The van der Waals surface area contributed by atoms with Crippen LogP contribution in [0.25, 0.3) is 0 Å². The number of nitrogens with zero attached hydrogens (tertiary/aromatic N) is 1. The Labute approximate surface area is 239 Å². The van der Waals surface area contributed by atoms with Gasteiger partial charge in [-0.05, 0) is 106 Å². The van der Waals surface area contributed by atoms with Crippen molar-refractivity contribution in [2.75, 3.05) is 0 Å². The highest BCUT2D eigenvalue weighted by Crippen LogP contribution is 2.37. The average molecular weight is 520 g/mol. The van der Waals surface area contributed by atoms with E-state index in [2.05, 4.69) is 128 Å². The molecule has 2 aliphatic rings. The zero-order chi connectivity index (χ0) is 28.7. The molecule has 0 aromatic carbocycles. The third kappa shape index (κ3) is 10.7. The zero-order valence-electron chi connectivity index (χ0n) is 25.4. The van der Waals surface area contributed by atoms with Crippen molar-refractivity contribution in [3.63, 3.8) is 0 Å². The molecule has 206 valence electrons. The minimum atomic E-state index is 0.139. The molecule has 0 spiro atoms. The predicted molar refractivity (Wildman–Crippen MR) is 175 cm³/mol. The molecule has 0 saturated heterocycles. The van der Waals surface area contributed by atoms with E-state index in [9.17, 15) is 0 Å². The van der Waals surface area contributed by atoms with Crippen LogP contribution in [0.2, 0.25) is 0 Å². The van der Waals surface area contributed by atoms with E-state index >= 15 is 0 Å². The SMILES string of the molecule is C=C/C=C\C=C(/C)C/C(C)=C(\C=C/CC(C)C(C)(C)C/C(=C\C=C/C)C1=NC=CCC1)C1=C(C)C=CC=C=C1. The van der Waals surface area contributed by atoms with Gasteiger partial charge < -0.3 is 0 Å². The quantitative estimate of drug-likeness (QED) is 0.169. The summed E-state index contributed by atoms with van der Waals surface area (Å²) in [6.07, 6.45) is 36.8. The summed E-state index contributed by atoms with van der Waals surface area (Å²) in [6, 6.07) is 0. The normalized spacial score (nSPS) is 18.4. The van der Waals surface area contributed by atoms with Crippen LogP contribution in [0.5, 0.6) is 0 Å². The van der Waals surface area contributed by atoms with Crippen molar-refractivity contribution < 1.29 is 0 Å². The Hall–Kier alpha value is -3.41. The molecule has 1 heteroatoms. The monoisotopic (exact) mass is 519 g/mol. The Kier molecular flexibility index (Phi) is 13.5. The van der Waals surface area contributed by atoms with Crippen molar-refractivity contribution >= 4 is 5.71 Å². The van der Waals surface area contributed by atoms with Gasteiger partial charge in [0, 0.05) is 11.9 Å². The zero-order valence-corrected chi connectivity index (χ0v) is 25.4. The standard InChI is InChI=1S/C38H49N/c1-9-11-14-20-30(3)28-32(5)36(35-24-16-13-15-21-31(35)4)25-19-22-33(6)38(7,8)29-34(23-12-10-2)37-26-17-18-27-39-37/h9-15,18-21,23-25,27,33H,1,17,22,26,28-29H2,2-8H3/b12-10-,14-11-,25-19-,30-20+,34-23+,36-32+. The van der Waals surface area contributed by atoms with E-state index in [-0.39, 0.29) is 5.41 Å². The molecule has 1 aliphatic heterocycles. The lowest BCUT2D eigenvalue weighted by Crippen LogP contribution is -2.24. The van der Waals surface area contributed by atoms with Crippen LogP contribution in [0.1, 0.15) is 80.6 Å². The van der Waals surface area contributed by atoms with Crippen molar-refractivity contribution in [1.82, 2.24) is 0 Å². The second kappa shape index (κ2) is 16.5. The summed E-state index contributed by atoms with van der Waals surface area (Å²) in [6.45, 7) is 19.7. The molecule has 0 bridgehead atoms. The molecule has 39 heavy (non-hydrogen) atoms. The van der Waals surface area contributed by atoms with Crippen molar-refractivity contribution in [3.8, 4) is 0 Å². The van der Waals surface area contributed by atoms with Gasteiger partial charge in [0.2, 0.25) is 0 Å². The van der Waals surface area contributed by atoms with Gasteiger partial charge in [-0.3, -0.25) is 4.99 Å². The first-order valence-electron chi connectivity index (χ1n) is 14.3. The molecule has 0 saturated carbocycles. The van der Waals surface area contributed by atoms with E-state index < -0.39 is 0 Å². The fourth-order valence-electron chi connectivity index (χ4n) is 4.79. The van der Waals surface area contributed by atoms with Gasteiger partial charge in [0.25, 0.3) is 0 Å². The molecule has 0 amide bonds. The lowest BCUT2D eigenvalue weighted by molar-refractivity contribution is 0.233. The molecule has 1 unspecified atom stereocenters. The minimum Gasteiger partial charge on any atom is -0.261 e. The van der Waals surface area contributed by atoms with Crippen LogP contribution in [-0.2, 0) is 0 Å². The number of hydrogen-bond acceptors (Lipinski definition) is 1. The molecule has 0 fully saturated rings. The van der Waals surface area contributed by atoms with Gasteiger partial charge in [0.05, 0.1) is 0 Å². The Bertz CT molecular complexity index is 1230. The molecule has 1 nitrogen and oxygen atoms in total. The third-order valence-corrected chi connectivity index (χ3v) is 7.61. The van der Waals surface area contributed by atoms with Crippen LogP contribution >= 0.6 is 0 Å². The fourth-order valence-corrected chi connectivity index (χ4v) is 4.79. The van der Waals surface area contributed by atoms with Gasteiger partial charge in [-0.1, -0.05) is 111 Å². The van der Waals surface area contributed by atoms with Crippen LogP contribution in [0.3, 0.4) is 0 Å². The van der Waals surface area contributed by atoms with E-state index in [1.165, 1.54) is 39.2 Å². The van der Waals surface area contributed by atoms with Crippen LogP contribution in [0, 0.1) is 11.3 Å². The summed E-state index contributed by atoms with van der Waals surface area (Å²) in [5.41, 5.74) is 12.6. The maximum Gasteiger partial charge on any atom is 0.0438 e. The summed E-state index contributed by atoms with van der Waals surface area (Å²) < 4.78 is 0. The second-order valence-electron chi connectivity index (χ2n) is 11.4. The Morgan fingerprint density at radius 2 is 1.97 bits per heavy atom. The van der Waals surface area contributed by atoms with E-state index in [4.69, 9.17) is 4.99 Å². The van der Waals surface area contributed by atoms with Crippen LogP contribution in [0.4, 0.5) is 0 Å². The van der Waals surface area contributed by atoms with Gasteiger partial charge in [0.1, 0.15) is 0 Å². The maximum atomic E-state index is 4.72.